The van der Waals surface area contributed by atoms with Gasteiger partial charge in [-0.3, -0.25) is 4.79 Å². The normalized spacial score (nSPS) is 14.1. The Labute approximate surface area is 103 Å². The van der Waals surface area contributed by atoms with Gasteiger partial charge in [0.1, 0.15) is 0 Å². The zero-order valence-corrected chi connectivity index (χ0v) is 9.77. The van der Waals surface area contributed by atoms with Gasteiger partial charge in [0.15, 0.2) is 11.4 Å². The van der Waals surface area contributed by atoms with E-state index >= 15 is 0 Å². The van der Waals surface area contributed by atoms with Crippen LogP contribution in [-0.4, -0.2) is 22.9 Å². The summed E-state index contributed by atoms with van der Waals surface area (Å²) in [6.45, 7) is 1.67. The van der Waals surface area contributed by atoms with E-state index in [9.17, 15) is 15.2 Å². The number of benzene rings is 1. The molecular formula is C10H15N3O5. The molecule has 2 atom stereocenters. The van der Waals surface area contributed by atoms with Crippen LogP contribution in [0.5, 0.6) is 0 Å². The van der Waals surface area contributed by atoms with E-state index in [2.05, 4.69) is 5.32 Å². The Kier molecular flexibility index (Phi) is 5.16. The Balaban J connectivity index is 2.86. The zero-order valence-electron chi connectivity index (χ0n) is 9.77. The molecule has 0 aliphatic rings. The monoisotopic (exact) mass is 257 g/mol. The van der Waals surface area contributed by atoms with Crippen LogP contribution < -0.4 is 15.8 Å². The number of amides is 1. The van der Waals surface area contributed by atoms with Crippen LogP contribution in [-0.2, 0) is 11.2 Å². The molecule has 0 heterocycles. The number of carbonyl (C=O) groups is 1. The first kappa shape index (κ1) is 14.5. The minimum Gasteiger partial charge on any atom is -0.595 e. The van der Waals surface area contributed by atoms with E-state index in [0.29, 0.717) is 18.5 Å². The third-order valence-electron chi connectivity index (χ3n) is 2.36. The van der Waals surface area contributed by atoms with Gasteiger partial charge in [-0.1, -0.05) is 0 Å². The maximum absolute atomic E-state index is 11.0. The molecule has 1 amide bonds. The zero-order chi connectivity index (χ0) is 13.7. The summed E-state index contributed by atoms with van der Waals surface area (Å²) in [7, 11) is 0. The van der Waals surface area contributed by atoms with Gasteiger partial charge in [0.25, 0.3) is 0 Å². The fourth-order valence-electron chi connectivity index (χ4n) is 1.50. The second-order valence-electron chi connectivity index (χ2n) is 3.72. The molecule has 1 aromatic carbocycles. The molecule has 0 aliphatic carbocycles. The summed E-state index contributed by atoms with van der Waals surface area (Å²) in [6.07, 6.45) is 0.334. The smallest absolute Gasteiger partial charge is 0.216 e. The fraction of sp³-hybridized carbons (Fsp3) is 0.300. The van der Waals surface area contributed by atoms with Crippen molar-refractivity contribution < 1.29 is 25.7 Å². The minimum atomic E-state index is -1.18. The molecule has 100 valence electrons. The maximum Gasteiger partial charge on any atom is 0.216 e. The van der Waals surface area contributed by atoms with Crippen LogP contribution in [0, 0.1) is 10.4 Å². The molecule has 0 radical (unpaired) electrons. The quantitative estimate of drug-likeness (QED) is 0.397. The van der Waals surface area contributed by atoms with Gasteiger partial charge >= 0.3 is 0 Å². The van der Waals surface area contributed by atoms with Crippen molar-refractivity contribution in [3.05, 3.63) is 34.2 Å². The van der Waals surface area contributed by atoms with E-state index < -0.39 is 10.5 Å². The lowest BCUT2D eigenvalue weighted by Gasteiger charge is -2.18. The molecule has 0 aliphatic heterocycles. The molecule has 0 fully saturated rings. The fourth-order valence-corrected chi connectivity index (χ4v) is 1.50. The molecule has 1 aromatic rings. The standard InChI is InChI=1S/C10H15N3O5/c1-7(14)11-5-4-8-2-3-9(12(15)16)6-10(8)13(17)18/h2-3,6,12-13,15,17H,4-5H2,1H3,(H,11,14). The van der Waals surface area contributed by atoms with Crippen LogP contribution in [0.1, 0.15) is 12.5 Å². The predicted molar refractivity (Wildman–Crippen MR) is 60.4 cm³/mol. The molecule has 0 saturated carbocycles. The van der Waals surface area contributed by atoms with Crippen molar-refractivity contribution >= 4 is 17.3 Å². The lowest BCUT2D eigenvalue weighted by Crippen LogP contribution is -3.01. The molecule has 1 rings (SSSR count). The number of hydrogen-bond donors (Lipinski definition) is 5. The minimum absolute atomic E-state index is 0.0553. The highest BCUT2D eigenvalue weighted by Crippen LogP contribution is 2.15. The van der Waals surface area contributed by atoms with Gasteiger partial charge in [-0.05, 0) is 12.5 Å². The molecular weight excluding hydrogens is 242 g/mol. The SMILES string of the molecule is CC(=O)NCCc1ccc([NH+]([O-])O)cc1[NH+]([O-])O. The van der Waals surface area contributed by atoms with E-state index in [0.717, 1.165) is 6.07 Å². The van der Waals surface area contributed by atoms with Gasteiger partial charge in [-0.15, -0.1) is 0 Å². The van der Waals surface area contributed by atoms with Gasteiger partial charge in [-0.25, -0.2) is 10.4 Å². The molecule has 5 N–H and O–H groups in total. The van der Waals surface area contributed by atoms with Crippen molar-refractivity contribution in [2.75, 3.05) is 6.54 Å². The Morgan fingerprint density at radius 1 is 1.33 bits per heavy atom. The van der Waals surface area contributed by atoms with Crippen molar-refractivity contribution in [2.45, 2.75) is 13.3 Å². The van der Waals surface area contributed by atoms with E-state index in [1.807, 2.05) is 0 Å². The lowest BCUT2D eigenvalue weighted by molar-refractivity contribution is -0.996. The Morgan fingerprint density at radius 2 is 2.00 bits per heavy atom. The number of quaternary nitrogens is 2. The van der Waals surface area contributed by atoms with Gasteiger partial charge < -0.3 is 15.7 Å². The van der Waals surface area contributed by atoms with Crippen molar-refractivity contribution in [3.8, 4) is 0 Å². The van der Waals surface area contributed by atoms with Crippen molar-refractivity contribution in [1.29, 1.82) is 0 Å². The van der Waals surface area contributed by atoms with Gasteiger partial charge in [0.2, 0.25) is 5.91 Å². The molecule has 0 aromatic heterocycles. The molecule has 18 heavy (non-hydrogen) atoms. The number of carbonyl (C=O) groups excluding carboxylic acids is 1. The summed E-state index contributed by atoms with van der Waals surface area (Å²) in [4.78, 5) is 10.7. The van der Waals surface area contributed by atoms with E-state index in [-0.39, 0.29) is 17.3 Å². The predicted octanol–water partition coefficient (Wildman–Crippen LogP) is -1.83. The second-order valence-corrected chi connectivity index (χ2v) is 3.72. The van der Waals surface area contributed by atoms with Crippen LogP contribution >= 0.6 is 0 Å². The average Bonchev–Trinajstić information content (AvgIpc) is 2.28. The van der Waals surface area contributed by atoms with E-state index in [1.165, 1.54) is 19.1 Å². The second kappa shape index (κ2) is 6.40. The van der Waals surface area contributed by atoms with Gasteiger partial charge in [0, 0.05) is 25.1 Å². The summed E-state index contributed by atoms with van der Waals surface area (Å²) in [5.74, 6) is -0.200. The average molecular weight is 257 g/mol. The Morgan fingerprint density at radius 3 is 2.50 bits per heavy atom. The van der Waals surface area contributed by atoms with Crippen molar-refractivity contribution in [3.63, 3.8) is 0 Å². The third-order valence-corrected chi connectivity index (χ3v) is 2.36. The molecule has 0 bridgehead atoms. The van der Waals surface area contributed by atoms with Crippen LogP contribution in [0.15, 0.2) is 18.2 Å². The third kappa shape index (κ3) is 4.04. The topological polar surface area (TPSA) is 125 Å². The van der Waals surface area contributed by atoms with E-state index in [4.69, 9.17) is 10.4 Å². The van der Waals surface area contributed by atoms with Crippen LogP contribution in [0.2, 0.25) is 0 Å². The first-order chi connectivity index (χ1) is 8.41. The first-order valence-electron chi connectivity index (χ1n) is 5.25. The van der Waals surface area contributed by atoms with Crippen molar-refractivity contribution in [2.24, 2.45) is 0 Å². The maximum atomic E-state index is 11.0. The summed E-state index contributed by atoms with van der Waals surface area (Å²) in [5, 5.41) is 39.7. The van der Waals surface area contributed by atoms with Gasteiger partial charge in [0.05, 0.1) is 6.07 Å². The summed E-state index contributed by atoms with van der Waals surface area (Å²) in [5.41, 5.74) is 0.358. The largest absolute Gasteiger partial charge is 0.595 e. The number of hydrogen-bond acceptors (Lipinski definition) is 5. The highest BCUT2D eigenvalue weighted by Gasteiger charge is 2.13. The first-order valence-corrected chi connectivity index (χ1v) is 5.25. The number of rotatable bonds is 5. The molecule has 8 nitrogen and oxygen atoms in total. The molecule has 0 saturated heterocycles. The number of nitrogens with one attached hydrogen (secondary N) is 3. The van der Waals surface area contributed by atoms with Crippen molar-refractivity contribution in [1.82, 2.24) is 5.32 Å². The molecule has 8 heteroatoms. The highest BCUT2D eigenvalue weighted by molar-refractivity contribution is 5.72. The van der Waals surface area contributed by atoms with Crippen LogP contribution in [0.4, 0.5) is 11.4 Å². The Hall–Kier alpha value is -1.55. The van der Waals surface area contributed by atoms with Gasteiger partial charge in [-0.2, -0.15) is 10.5 Å². The summed E-state index contributed by atoms with van der Waals surface area (Å²) < 4.78 is 0. The summed E-state index contributed by atoms with van der Waals surface area (Å²) >= 11 is 0. The van der Waals surface area contributed by atoms with E-state index in [1.54, 1.807) is 0 Å². The summed E-state index contributed by atoms with van der Waals surface area (Å²) in [6, 6.07) is 3.92. The highest BCUT2D eigenvalue weighted by atomic mass is 16.8. The van der Waals surface area contributed by atoms with Crippen LogP contribution in [0.25, 0.3) is 0 Å². The Bertz CT molecular complexity index is 422. The molecule has 0 spiro atoms. The lowest BCUT2D eigenvalue weighted by atomic mass is 10.1. The molecule has 2 unspecified atom stereocenters. The van der Waals surface area contributed by atoms with Crippen LogP contribution in [0.3, 0.4) is 0 Å².